The van der Waals surface area contributed by atoms with Gasteiger partial charge in [-0.25, -0.2) is 4.79 Å². The Balaban J connectivity index is 1.35. The van der Waals surface area contributed by atoms with Crippen LogP contribution in [0.5, 0.6) is 11.5 Å². The molecule has 0 unspecified atom stereocenters. The quantitative estimate of drug-likeness (QED) is 0.673. The van der Waals surface area contributed by atoms with Crippen molar-refractivity contribution >= 4 is 16.9 Å². The number of hydrogen-bond donors (Lipinski definition) is 1. The van der Waals surface area contributed by atoms with Crippen molar-refractivity contribution in [3.05, 3.63) is 69.6 Å². The van der Waals surface area contributed by atoms with E-state index in [4.69, 9.17) is 13.9 Å². The number of fused-ring (bicyclic) bond motifs is 2. The number of aryl methyl sites for hydroxylation is 2. The number of hydrogen-bond acceptors (Lipinski definition) is 5. The Morgan fingerprint density at radius 2 is 1.93 bits per heavy atom. The lowest BCUT2D eigenvalue weighted by Crippen LogP contribution is -2.40. The summed E-state index contributed by atoms with van der Waals surface area (Å²) >= 11 is 0. The van der Waals surface area contributed by atoms with E-state index in [1.807, 2.05) is 56.3 Å². The zero-order chi connectivity index (χ0) is 20.4. The smallest absolute Gasteiger partial charge is 0.339 e. The van der Waals surface area contributed by atoms with Crippen LogP contribution in [0.3, 0.4) is 0 Å². The second-order valence-corrected chi connectivity index (χ2v) is 7.29. The van der Waals surface area contributed by atoms with E-state index < -0.39 is 0 Å². The molecule has 150 valence electrons. The summed E-state index contributed by atoms with van der Waals surface area (Å²) in [6, 6.07) is 13.2. The van der Waals surface area contributed by atoms with Gasteiger partial charge in [-0.2, -0.15) is 0 Å². The summed E-state index contributed by atoms with van der Waals surface area (Å²) in [5.74, 6) is 1.25. The van der Waals surface area contributed by atoms with Gasteiger partial charge in [0.1, 0.15) is 18.3 Å². The van der Waals surface area contributed by atoms with Crippen LogP contribution in [0.1, 0.15) is 23.1 Å². The lowest BCUT2D eigenvalue weighted by Gasteiger charge is -2.26. The fraction of sp³-hybridized carbons (Fsp3) is 0.304. The van der Waals surface area contributed by atoms with E-state index in [-0.39, 0.29) is 24.1 Å². The molecule has 2 aromatic carbocycles. The summed E-state index contributed by atoms with van der Waals surface area (Å²) in [5.41, 5.74) is 2.64. The highest BCUT2D eigenvalue weighted by Crippen LogP contribution is 2.30. The van der Waals surface area contributed by atoms with Crippen molar-refractivity contribution in [1.29, 1.82) is 0 Å². The molecule has 0 saturated heterocycles. The number of carbonyl (C=O) groups is 1. The van der Waals surface area contributed by atoms with Crippen LogP contribution in [0.2, 0.25) is 0 Å². The molecule has 0 radical (unpaired) electrons. The molecule has 1 atom stereocenters. The molecular formula is C23H23NO5. The summed E-state index contributed by atoms with van der Waals surface area (Å²) in [6.07, 6.45) is 0.284. The van der Waals surface area contributed by atoms with Crippen molar-refractivity contribution in [3.8, 4) is 11.5 Å². The van der Waals surface area contributed by atoms with Gasteiger partial charge in [-0.1, -0.05) is 24.3 Å². The van der Waals surface area contributed by atoms with E-state index in [1.54, 1.807) is 0 Å². The molecule has 0 fully saturated rings. The van der Waals surface area contributed by atoms with Gasteiger partial charge in [-0.15, -0.1) is 0 Å². The molecule has 1 amide bonds. The zero-order valence-electron chi connectivity index (χ0n) is 16.5. The predicted octanol–water partition coefficient (Wildman–Crippen LogP) is 3.30. The molecule has 0 saturated carbocycles. The minimum Gasteiger partial charge on any atom is -0.486 e. The SMILES string of the molecule is Cc1ccc2c(C)c(CCC(=O)NC[C@@H]3COc4ccccc4O3)c(=O)oc2c1. The molecule has 0 bridgehead atoms. The first-order valence-electron chi connectivity index (χ1n) is 9.69. The van der Waals surface area contributed by atoms with Crippen molar-refractivity contribution in [2.24, 2.45) is 0 Å². The molecule has 6 heteroatoms. The fourth-order valence-corrected chi connectivity index (χ4v) is 3.51. The van der Waals surface area contributed by atoms with Gasteiger partial charge < -0.3 is 19.2 Å². The first-order valence-corrected chi connectivity index (χ1v) is 9.69. The molecule has 1 aromatic heterocycles. The molecule has 3 aromatic rings. The van der Waals surface area contributed by atoms with Gasteiger partial charge in [0.25, 0.3) is 0 Å². The molecular weight excluding hydrogens is 370 g/mol. The molecule has 0 aliphatic carbocycles. The first-order chi connectivity index (χ1) is 14.0. The Bertz CT molecular complexity index is 1120. The fourth-order valence-electron chi connectivity index (χ4n) is 3.51. The Morgan fingerprint density at radius 3 is 2.76 bits per heavy atom. The van der Waals surface area contributed by atoms with Crippen LogP contribution in [-0.2, 0) is 11.2 Å². The van der Waals surface area contributed by atoms with E-state index in [0.29, 0.717) is 42.2 Å². The van der Waals surface area contributed by atoms with Crippen molar-refractivity contribution in [1.82, 2.24) is 5.32 Å². The number of carbonyl (C=O) groups excluding carboxylic acids is 1. The number of benzene rings is 2. The van der Waals surface area contributed by atoms with Crippen molar-refractivity contribution < 1.29 is 18.7 Å². The van der Waals surface area contributed by atoms with Crippen LogP contribution in [-0.4, -0.2) is 25.2 Å². The van der Waals surface area contributed by atoms with Crippen LogP contribution in [0, 0.1) is 13.8 Å². The second kappa shape index (κ2) is 7.99. The highest BCUT2D eigenvalue weighted by atomic mass is 16.6. The van der Waals surface area contributed by atoms with E-state index in [9.17, 15) is 9.59 Å². The van der Waals surface area contributed by atoms with E-state index in [0.717, 1.165) is 16.5 Å². The van der Waals surface area contributed by atoms with Crippen LogP contribution in [0.25, 0.3) is 11.0 Å². The van der Waals surface area contributed by atoms with Crippen molar-refractivity contribution in [2.45, 2.75) is 32.8 Å². The average molecular weight is 393 g/mol. The largest absolute Gasteiger partial charge is 0.486 e. The number of amides is 1. The Hall–Kier alpha value is -3.28. The topological polar surface area (TPSA) is 77.8 Å². The third-order valence-corrected chi connectivity index (χ3v) is 5.14. The summed E-state index contributed by atoms with van der Waals surface area (Å²) in [7, 11) is 0. The number of rotatable bonds is 5. The first kappa shape index (κ1) is 19.1. The third kappa shape index (κ3) is 4.11. The molecule has 6 nitrogen and oxygen atoms in total. The maximum absolute atomic E-state index is 12.4. The summed E-state index contributed by atoms with van der Waals surface area (Å²) in [6.45, 7) is 4.57. The van der Waals surface area contributed by atoms with Gasteiger partial charge in [-0.05, 0) is 49.6 Å². The van der Waals surface area contributed by atoms with Crippen LogP contribution < -0.4 is 20.4 Å². The summed E-state index contributed by atoms with van der Waals surface area (Å²) in [4.78, 5) is 24.7. The van der Waals surface area contributed by atoms with E-state index >= 15 is 0 Å². The monoisotopic (exact) mass is 393 g/mol. The summed E-state index contributed by atoms with van der Waals surface area (Å²) < 4.78 is 16.9. The van der Waals surface area contributed by atoms with Gasteiger partial charge in [0.05, 0.1) is 6.54 Å². The highest BCUT2D eigenvalue weighted by molar-refractivity contribution is 5.82. The van der Waals surface area contributed by atoms with Gasteiger partial charge in [0, 0.05) is 17.4 Å². The highest BCUT2D eigenvalue weighted by Gasteiger charge is 2.21. The van der Waals surface area contributed by atoms with E-state index in [2.05, 4.69) is 5.32 Å². The molecule has 1 N–H and O–H groups in total. The normalized spacial score (nSPS) is 15.3. The molecule has 4 rings (SSSR count). The Labute approximate surface area is 168 Å². The van der Waals surface area contributed by atoms with Gasteiger partial charge in [-0.3, -0.25) is 4.79 Å². The second-order valence-electron chi connectivity index (χ2n) is 7.29. The van der Waals surface area contributed by atoms with Gasteiger partial charge in [0.15, 0.2) is 11.5 Å². The predicted molar refractivity (Wildman–Crippen MR) is 110 cm³/mol. The molecule has 1 aliphatic heterocycles. The van der Waals surface area contributed by atoms with E-state index in [1.165, 1.54) is 0 Å². The lowest BCUT2D eigenvalue weighted by atomic mass is 10.0. The maximum atomic E-state index is 12.4. The number of nitrogens with one attached hydrogen (secondary N) is 1. The van der Waals surface area contributed by atoms with Crippen molar-refractivity contribution in [2.75, 3.05) is 13.2 Å². The summed E-state index contributed by atoms with van der Waals surface area (Å²) in [5, 5.41) is 3.76. The Kier molecular flexibility index (Phi) is 5.25. The zero-order valence-corrected chi connectivity index (χ0v) is 16.5. The molecule has 0 spiro atoms. The average Bonchev–Trinajstić information content (AvgIpc) is 2.71. The van der Waals surface area contributed by atoms with Gasteiger partial charge in [0.2, 0.25) is 5.91 Å². The lowest BCUT2D eigenvalue weighted by molar-refractivity contribution is -0.121. The van der Waals surface area contributed by atoms with Crippen LogP contribution in [0.4, 0.5) is 0 Å². The third-order valence-electron chi connectivity index (χ3n) is 5.14. The minimum atomic E-state index is -0.381. The molecule has 2 heterocycles. The van der Waals surface area contributed by atoms with Crippen LogP contribution >= 0.6 is 0 Å². The van der Waals surface area contributed by atoms with Crippen molar-refractivity contribution in [3.63, 3.8) is 0 Å². The molecule has 1 aliphatic rings. The molecule has 29 heavy (non-hydrogen) atoms. The maximum Gasteiger partial charge on any atom is 0.339 e. The Morgan fingerprint density at radius 1 is 1.14 bits per heavy atom. The number of ether oxygens (including phenoxy) is 2. The standard InChI is InChI=1S/C23H23NO5/c1-14-7-8-17-15(2)18(23(26)29-21(17)11-14)9-10-22(25)24-12-16-13-27-19-5-3-4-6-20(19)28-16/h3-8,11,16H,9-10,12-13H2,1-2H3,(H,24,25)/t16-/m1/s1. The van der Waals surface area contributed by atoms with Crippen LogP contribution in [0.15, 0.2) is 51.7 Å². The number of para-hydroxylation sites is 2. The van der Waals surface area contributed by atoms with Gasteiger partial charge >= 0.3 is 5.63 Å². The minimum absolute atomic E-state index is 0.143.